The van der Waals surface area contributed by atoms with Crippen LogP contribution in [0.15, 0.2) is 24.3 Å². The zero-order chi connectivity index (χ0) is 13.8. The monoisotopic (exact) mass is 308 g/mol. The number of benzene rings is 1. The fourth-order valence-corrected chi connectivity index (χ4v) is 3.47. The lowest BCUT2D eigenvalue weighted by Crippen LogP contribution is -2.46. The number of rotatable bonds is 3. The van der Waals surface area contributed by atoms with Crippen molar-refractivity contribution < 1.29 is 4.79 Å². The average Bonchev–Trinajstić information content (AvgIpc) is 2.48. The van der Waals surface area contributed by atoms with E-state index in [-0.39, 0.29) is 18.3 Å². The van der Waals surface area contributed by atoms with Gasteiger partial charge in [-0.1, -0.05) is 24.3 Å². The van der Waals surface area contributed by atoms with Crippen molar-refractivity contribution in [1.29, 1.82) is 0 Å². The third-order valence-electron chi connectivity index (χ3n) is 4.58. The number of halogens is 1. The Bertz CT molecular complexity index is 472. The van der Waals surface area contributed by atoms with E-state index < -0.39 is 0 Å². The Hall–Kier alpha value is -1.06. The van der Waals surface area contributed by atoms with E-state index >= 15 is 0 Å². The third-order valence-corrected chi connectivity index (χ3v) is 4.58. The predicted molar refractivity (Wildman–Crippen MR) is 87.9 cm³/mol. The number of carbonyl (C=O) groups excluding carboxylic acids is 1. The van der Waals surface area contributed by atoms with Crippen LogP contribution in [0.25, 0.3) is 0 Å². The first-order valence-electron chi connectivity index (χ1n) is 7.88. The normalized spacial score (nSPS) is 24.6. The number of amides is 1. The molecule has 4 heteroatoms. The standard InChI is InChI=1S/C17H24N2O.ClH/c20-17(19-16-6-3-9-18-12-16)11-13-7-8-14-4-1-2-5-15(14)10-13;/h1-2,4-5,13,16,18H,3,6-12H2,(H,19,20);1H. The summed E-state index contributed by atoms with van der Waals surface area (Å²) in [6.45, 7) is 2.02. The van der Waals surface area contributed by atoms with Gasteiger partial charge in [0.25, 0.3) is 0 Å². The van der Waals surface area contributed by atoms with Gasteiger partial charge >= 0.3 is 0 Å². The molecule has 0 aromatic heterocycles. The molecular weight excluding hydrogens is 284 g/mol. The van der Waals surface area contributed by atoms with E-state index in [1.165, 1.54) is 17.5 Å². The quantitative estimate of drug-likeness (QED) is 0.900. The predicted octanol–water partition coefficient (Wildman–Crippen LogP) is 2.47. The molecule has 1 heterocycles. The number of carbonyl (C=O) groups is 1. The molecule has 1 aromatic rings. The highest BCUT2D eigenvalue weighted by atomic mass is 35.5. The Kier molecular flexibility index (Phi) is 6.07. The van der Waals surface area contributed by atoms with Crippen molar-refractivity contribution >= 4 is 18.3 Å². The molecule has 1 aliphatic carbocycles. The van der Waals surface area contributed by atoms with Crippen LogP contribution in [0.2, 0.25) is 0 Å². The second kappa shape index (κ2) is 7.81. The highest BCUT2D eigenvalue weighted by molar-refractivity contribution is 5.85. The van der Waals surface area contributed by atoms with E-state index in [1.54, 1.807) is 0 Å². The van der Waals surface area contributed by atoms with Gasteiger partial charge < -0.3 is 10.6 Å². The van der Waals surface area contributed by atoms with Crippen LogP contribution in [0.1, 0.15) is 36.8 Å². The van der Waals surface area contributed by atoms with Crippen molar-refractivity contribution in [3.63, 3.8) is 0 Å². The number of nitrogens with one attached hydrogen (secondary N) is 2. The van der Waals surface area contributed by atoms with Gasteiger partial charge in [0, 0.05) is 19.0 Å². The fraction of sp³-hybridized carbons (Fsp3) is 0.588. The number of hydrogen-bond acceptors (Lipinski definition) is 2. The molecule has 2 aliphatic rings. The van der Waals surface area contributed by atoms with Gasteiger partial charge in [-0.2, -0.15) is 0 Å². The average molecular weight is 309 g/mol. The summed E-state index contributed by atoms with van der Waals surface area (Å²) in [4.78, 5) is 12.2. The first kappa shape index (κ1) is 16.3. The van der Waals surface area contributed by atoms with Crippen molar-refractivity contribution in [2.75, 3.05) is 13.1 Å². The Balaban J connectivity index is 0.00000161. The molecule has 0 spiro atoms. The van der Waals surface area contributed by atoms with Crippen LogP contribution in [0.3, 0.4) is 0 Å². The maximum absolute atomic E-state index is 12.2. The van der Waals surface area contributed by atoms with Crippen LogP contribution in [0.5, 0.6) is 0 Å². The summed E-state index contributed by atoms with van der Waals surface area (Å²) in [5, 5.41) is 6.53. The molecule has 2 N–H and O–H groups in total. The van der Waals surface area contributed by atoms with E-state index in [0.717, 1.165) is 38.8 Å². The summed E-state index contributed by atoms with van der Waals surface area (Å²) in [6, 6.07) is 8.99. The van der Waals surface area contributed by atoms with Crippen LogP contribution in [0, 0.1) is 5.92 Å². The molecule has 3 nitrogen and oxygen atoms in total. The summed E-state index contributed by atoms with van der Waals surface area (Å²) in [5.74, 6) is 0.754. The lowest BCUT2D eigenvalue weighted by molar-refractivity contribution is -0.122. The lowest BCUT2D eigenvalue weighted by Gasteiger charge is -2.27. The summed E-state index contributed by atoms with van der Waals surface area (Å²) < 4.78 is 0. The Morgan fingerprint density at radius 1 is 1.24 bits per heavy atom. The molecule has 0 bridgehead atoms. The first-order chi connectivity index (χ1) is 9.81. The van der Waals surface area contributed by atoms with Gasteiger partial charge in [0.05, 0.1) is 0 Å². The van der Waals surface area contributed by atoms with Gasteiger partial charge in [0.1, 0.15) is 0 Å². The molecule has 1 saturated heterocycles. The second-order valence-corrected chi connectivity index (χ2v) is 6.19. The zero-order valence-corrected chi connectivity index (χ0v) is 13.3. The van der Waals surface area contributed by atoms with Crippen LogP contribution in [-0.4, -0.2) is 25.0 Å². The Morgan fingerprint density at radius 3 is 2.81 bits per heavy atom. The van der Waals surface area contributed by atoms with Crippen molar-refractivity contribution in [1.82, 2.24) is 10.6 Å². The number of piperidine rings is 1. The van der Waals surface area contributed by atoms with Gasteiger partial charge in [0.2, 0.25) is 5.91 Å². The number of fused-ring (bicyclic) bond motifs is 1. The largest absolute Gasteiger partial charge is 0.352 e. The molecule has 1 amide bonds. The van der Waals surface area contributed by atoms with E-state index in [1.807, 2.05) is 0 Å². The number of hydrogen-bond donors (Lipinski definition) is 2. The smallest absolute Gasteiger partial charge is 0.220 e. The van der Waals surface area contributed by atoms with E-state index in [9.17, 15) is 4.79 Å². The fourth-order valence-electron chi connectivity index (χ4n) is 3.47. The van der Waals surface area contributed by atoms with Gasteiger partial charge in [-0.05, 0) is 55.7 Å². The van der Waals surface area contributed by atoms with Crippen LogP contribution in [-0.2, 0) is 17.6 Å². The second-order valence-electron chi connectivity index (χ2n) is 6.19. The Labute approximate surface area is 133 Å². The van der Waals surface area contributed by atoms with Crippen molar-refractivity contribution in [2.24, 2.45) is 5.92 Å². The van der Waals surface area contributed by atoms with Crippen molar-refractivity contribution in [3.05, 3.63) is 35.4 Å². The molecular formula is C17H25ClN2O. The Morgan fingerprint density at radius 2 is 2.05 bits per heavy atom. The van der Waals surface area contributed by atoms with Crippen molar-refractivity contribution in [2.45, 2.75) is 44.6 Å². The molecule has 0 saturated carbocycles. The summed E-state index contributed by atoms with van der Waals surface area (Å²) in [5.41, 5.74) is 2.91. The first-order valence-corrected chi connectivity index (χ1v) is 7.88. The molecule has 21 heavy (non-hydrogen) atoms. The highest BCUT2D eigenvalue weighted by Gasteiger charge is 2.22. The van der Waals surface area contributed by atoms with Gasteiger partial charge in [-0.25, -0.2) is 0 Å². The van der Waals surface area contributed by atoms with Gasteiger partial charge in [0.15, 0.2) is 0 Å². The molecule has 1 fully saturated rings. The van der Waals surface area contributed by atoms with Crippen LogP contribution < -0.4 is 10.6 Å². The molecule has 1 aromatic carbocycles. The minimum Gasteiger partial charge on any atom is -0.352 e. The zero-order valence-electron chi connectivity index (χ0n) is 12.4. The molecule has 2 atom stereocenters. The highest BCUT2D eigenvalue weighted by Crippen LogP contribution is 2.27. The molecule has 1 aliphatic heterocycles. The lowest BCUT2D eigenvalue weighted by atomic mass is 9.82. The number of aryl methyl sites for hydroxylation is 1. The van der Waals surface area contributed by atoms with Crippen LogP contribution >= 0.6 is 12.4 Å². The maximum Gasteiger partial charge on any atom is 0.220 e. The summed E-state index contributed by atoms with van der Waals surface area (Å²) >= 11 is 0. The molecule has 116 valence electrons. The van der Waals surface area contributed by atoms with Gasteiger partial charge in [-0.3, -0.25) is 4.79 Å². The SMILES string of the molecule is Cl.O=C(CC1CCc2ccccc2C1)NC1CCCNC1. The molecule has 2 unspecified atom stereocenters. The van der Waals surface area contributed by atoms with E-state index in [2.05, 4.69) is 34.9 Å². The maximum atomic E-state index is 12.2. The minimum absolute atomic E-state index is 0. The van der Waals surface area contributed by atoms with Crippen LogP contribution in [0.4, 0.5) is 0 Å². The topological polar surface area (TPSA) is 41.1 Å². The van der Waals surface area contributed by atoms with E-state index in [0.29, 0.717) is 18.4 Å². The summed E-state index contributed by atoms with van der Waals surface area (Å²) in [7, 11) is 0. The summed E-state index contributed by atoms with van der Waals surface area (Å²) in [6.07, 6.45) is 6.30. The van der Waals surface area contributed by atoms with Gasteiger partial charge in [-0.15, -0.1) is 12.4 Å². The van der Waals surface area contributed by atoms with E-state index in [4.69, 9.17) is 0 Å². The van der Waals surface area contributed by atoms with Crippen molar-refractivity contribution in [3.8, 4) is 0 Å². The molecule has 3 rings (SSSR count). The minimum atomic E-state index is 0. The third kappa shape index (κ3) is 4.45. The molecule has 0 radical (unpaired) electrons.